The number of rotatable bonds is 1. The average Bonchev–Trinajstić information content (AvgIpc) is 2.47. The summed E-state index contributed by atoms with van der Waals surface area (Å²) in [4.78, 5) is 7.24. The number of hydrogen-bond acceptors (Lipinski definition) is 1. The van der Waals surface area contributed by atoms with Crippen LogP contribution in [0.4, 0.5) is 0 Å². The fraction of sp³-hybridized carbons (Fsp3) is 0.222. The minimum Gasteiger partial charge on any atom is -0.347 e. The van der Waals surface area contributed by atoms with E-state index >= 15 is 0 Å². The molecule has 1 N–H and O–H groups in total. The van der Waals surface area contributed by atoms with Gasteiger partial charge in [0.05, 0.1) is 0 Å². The number of nitrogens with one attached hydrogen (secondary N) is 1. The minimum atomic E-state index is 0.771. The van der Waals surface area contributed by atoms with Crippen LogP contribution in [0.1, 0.15) is 12.5 Å². The van der Waals surface area contributed by atoms with Crippen molar-refractivity contribution in [3.63, 3.8) is 0 Å². The van der Waals surface area contributed by atoms with Gasteiger partial charge in [0.2, 0.25) is 0 Å². The number of aromatic nitrogens is 2. The van der Waals surface area contributed by atoms with Crippen molar-refractivity contribution in [3.05, 3.63) is 24.0 Å². The Morgan fingerprint density at radius 1 is 1.58 bits per heavy atom. The molecule has 0 amide bonds. The maximum absolute atomic E-state index is 5.73. The Labute approximate surface area is 72.4 Å². The van der Waals surface area contributed by atoms with E-state index in [1.807, 2.05) is 6.20 Å². The minimum absolute atomic E-state index is 0.771. The van der Waals surface area contributed by atoms with Gasteiger partial charge in [-0.25, -0.2) is 4.98 Å². The third kappa shape index (κ3) is 1.02. The predicted molar refractivity (Wildman–Crippen MR) is 50.9 cm³/mol. The highest BCUT2D eigenvalue weighted by atomic mass is 14.8. The van der Waals surface area contributed by atoms with Crippen LogP contribution in [0.3, 0.4) is 0 Å². The summed E-state index contributed by atoms with van der Waals surface area (Å²) in [5.74, 6) is 0. The second-order valence-electron chi connectivity index (χ2n) is 2.84. The lowest BCUT2D eigenvalue weighted by atomic mass is 9.96. The van der Waals surface area contributed by atoms with E-state index in [1.165, 1.54) is 5.56 Å². The van der Waals surface area contributed by atoms with Gasteiger partial charge in [0, 0.05) is 11.6 Å². The van der Waals surface area contributed by atoms with Gasteiger partial charge in [-0.1, -0.05) is 12.4 Å². The summed E-state index contributed by atoms with van der Waals surface area (Å²) in [6, 6.07) is 2.08. The zero-order valence-corrected chi connectivity index (χ0v) is 6.96. The molecular formula is C9H9BN2. The van der Waals surface area contributed by atoms with Crippen LogP contribution in [-0.2, 0) is 6.42 Å². The number of aromatic amines is 1. The molecule has 58 valence electrons. The highest BCUT2D eigenvalue weighted by molar-refractivity contribution is 6.38. The Morgan fingerprint density at radius 2 is 2.42 bits per heavy atom. The maximum atomic E-state index is 5.73. The molecule has 3 heteroatoms. The summed E-state index contributed by atoms with van der Waals surface area (Å²) in [6.07, 6.45) is 4.64. The molecule has 0 aliphatic rings. The van der Waals surface area contributed by atoms with Gasteiger partial charge in [-0.3, -0.25) is 0 Å². The molecule has 2 radical (unpaired) electrons. The van der Waals surface area contributed by atoms with E-state index in [2.05, 4.69) is 23.0 Å². The lowest BCUT2D eigenvalue weighted by Gasteiger charge is -1.95. The van der Waals surface area contributed by atoms with Gasteiger partial charge in [0.25, 0.3) is 0 Å². The number of H-pyrrole nitrogens is 1. The smallest absolute Gasteiger partial charge is 0.136 e. The van der Waals surface area contributed by atoms with Crippen LogP contribution >= 0.6 is 0 Å². The molecule has 2 rings (SSSR count). The van der Waals surface area contributed by atoms with Gasteiger partial charge in [-0.15, -0.1) is 0 Å². The van der Waals surface area contributed by atoms with E-state index in [0.29, 0.717) is 0 Å². The second kappa shape index (κ2) is 2.66. The molecule has 0 saturated heterocycles. The summed E-state index contributed by atoms with van der Waals surface area (Å²) in [5, 5.41) is 1.02. The molecule has 0 bridgehead atoms. The van der Waals surface area contributed by atoms with Crippen molar-refractivity contribution in [2.45, 2.75) is 13.3 Å². The van der Waals surface area contributed by atoms with Gasteiger partial charge in [0.15, 0.2) is 0 Å². The Kier molecular flexibility index (Phi) is 1.64. The van der Waals surface area contributed by atoms with Crippen LogP contribution in [0.15, 0.2) is 18.5 Å². The normalized spacial score (nSPS) is 10.8. The van der Waals surface area contributed by atoms with Gasteiger partial charge in [0.1, 0.15) is 13.5 Å². The van der Waals surface area contributed by atoms with Crippen molar-refractivity contribution >= 4 is 24.3 Å². The quantitative estimate of drug-likeness (QED) is 0.611. The molecule has 0 saturated carbocycles. The molecule has 0 unspecified atom stereocenters. The van der Waals surface area contributed by atoms with E-state index in [9.17, 15) is 0 Å². The van der Waals surface area contributed by atoms with Crippen LogP contribution in [0.2, 0.25) is 0 Å². The van der Waals surface area contributed by atoms with E-state index in [-0.39, 0.29) is 0 Å². The monoisotopic (exact) mass is 156 g/mol. The molecule has 12 heavy (non-hydrogen) atoms. The molecule has 0 aliphatic heterocycles. The van der Waals surface area contributed by atoms with E-state index in [0.717, 1.165) is 22.9 Å². The zero-order valence-electron chi connectivity index (χ0n) is 6.96. The summed E-state index contributed by atoms with van der Waals surface area (Å²) >= 11 is 0. The molecule has 0 fully saturated rings. The van der Waals surface area contributed by atoms with Crippen LogP contribution in [0, 0.1) is 0 Å². The molecule has 2 aromatic rings. The summed E-state index contributed by atoms with van der Waals surface area (Å²) in [7, 11) is 5.73. The van der Waals surface area contributed by atoms with Crippen molar-refractivity contribution in [2.24, 2.45) is 0 Å². The number of fused-ring (bicyclic) bond motifs is 1. The maximum Gasteiger partial charge on any atom is 0.136 e. The average molecular weight is 156 g/mol. The third-order valence-electron chi connectivity index (χ3n) is 2.03. The number of hydrogen-bond donors (Lipinski definition) is 1. The standard InChI is InChI=1S/C9H9BN2/c1-2-6-3-7-8(10)5-12-9(7)11-4-6/h3-5H,2H2,1H3,(H,11,12). The second-order valence-corrected chi connectivity index (χ2v) is 2.84. The van der Waals surface area contributed by atoms with Crippen molar-refractivity contribution in [3.8, 4) is 0 Å². The topological polar surface area (TPSA) is 28.7 Å². The van der Waals surface area contributed by atoms with Crippen molar-refractivity contribution in [1.82, 2.24) is 9.97 Å². The van der Waals surface area contributed by atoms with Crippen LogP contribution < -0.4 is 5.46 Å². The van der Waals surface area contributed by atoms with E-state index in [1.54, 1.807) is 6.20 Å². The first-order chi connectivity index (χ1) is 5.81. The first-order valence-electron chi connectivity index (χ1n) is 4.02. The molecule has 2 nitrogen and oxygen atoms in total. The highest BCUT2D eigenvalue weighted by Crippen LogP contribution is 2.08. The van der Waals surface area contributed by atoms with Crippen LogP contribution in [-0.4, -0.2) is 17.8 Å². The van der Waals surface area contributed by atoms with Gasteiger partial charge < -0.3 is 4.98 Å². The molecule has 2 aromatic heterocycles. The van der Waals surface area contributed by atoms with Crippen molar-refractivity contribution in [1.29, 1.82) is 0 Å². The van der Waals surface area contributed by atoms with Crippen molar-refractivity contribution in [2.75, 3.05) is 0 Å². The summed E-state index contributed by atoms with van der Waals surface area (Å²) < 4.78 is 0. The van der Waals surface area contributed by atoms with E-state index in [4.69, 9.17) is 7.85 Å². The lowest BCUT2D eigenvalue weighted by molar-refractivity contribution is 1.12. The SMILES string of the molecule is [B]c1c[nH]c2ncc(CC)cc12. The molecule has 0 aromatic carbocycles. The van der Waals surface area contributed by atoms with Crippen LogP contribution in [0.5, 0.6) is 0 Å². The highest BCUT2D eigenvalue weighted by Gasteiger charge is 1.99. The van der Waals surface area contributed by atoms with Gasteiger partial charge in [-0.2, -0.15) is 0 Å². The first kappa shape index (κ1) is 7.41. The molecule has 2 heterocycles. The summed E-state index contributed by atoms with van der Waals surface area (Å²) in [5.41, 5.74) is 2.85. The van der Waals surface area contributed by atoms with E-state index < -0.39 is 0 Å². The Bertz CT molecular complexity index is 406. The fourth-order valence-electron chi connectivity index (χ4n) is 1.26. The largest absolute Gasteiger partial charge is 0.347 e. The van der Waals surface area contributed by atoms with Crippen LogP contribution in [0.25, 0.3) is 11.0 Å². The summed E-state index contributed by atoms with van der Waals surface area (Å²) in [6.45, 7) is 2.10. The predicted octanol–water partition coefficient (Wildman–Crippen LogP) is 0.919. The Hall–Kier alpha value is -1.25. The molecular weight excluding hydrogens is 147 g/mol. The molecule has 0 aliphatic carbocycles. The Morgan fingerprint density at radius 3 is 3.17 bits per heavy atom. The Balaban J connectivity index is 2.71. The molecule has 0 atom stereocenters. The third-order valence-corrected chi connectivity index (χ3v) is 2.03. The molecule has 0 spiro atoms. The lowest BCUT2D eigenvalue weighted by Crippen LogP contribution is -1.98. The fourth-order valence-corrected chi connectivity index (χ4v) is 1.26. The van der Waals surface area contributed by atoms with Crippen molar-refractivity contribution < 1.29 is 0 Å². The number of aryl methyl sites for hydroxylation is 1. The van der Waals surface area contributed by atoms with Gasteiger partial charge >= 0.3 is 0 Å². The zero-order chi connectivity index (χ0) is 8.55. The first-order valence-corrected chi connectivity index (χ1v) is 4.02. The van der Waals surface area contributed by atoms with Gasteiger partial charge in [-0.05, 0) is 24.2 Å². The number of nitrogens with zero attached hydrogens (tertiary/aromatic N) is 1. The number of pyridine rings is 1.